The van der Waals surface area contributed by atoms with Crippen LogP contribution in [0.5, 0.6) is 0 Å². The second-order valence-corrected chi connectivity index (χ2v) is 5.68. The molecular weight excluding hydrogens is 300 g/mol. The lowest BCUT2D eigenvalue weighted by Gasteiger charge is -2.23. The van der Waals surface area contributed by atoms with Crippen LogP contribution in [0, 0.1) is 11.6 Å². The molecule has 5 heteroatoms. The van der Waals surface area contributed by atoms with E-state index in [2.05, 4.69) is 0 Å². The lowest BCUT2D eigenvalue weighted by Crippen LogP contribution is -2.38. The number of hydrogen-bond donors (Lipinski definition) is 1. The molecule has 1 aliphatic heterocycles. The predicted molar refractivity (Wildman–Crippen MR) is 82.9 cm³/mol. The van der Waals surface area contributed by atoms with Crippen LogP contribution in [0.4, 0.5) is 8.78 Å². The van der Waals surface area contributed by atoms with Gasteiger partial charge in [0.25, 0.3) is 5.91 Å². The standard InChI is InChI=1S/C18H17F2NO2/c19-14-6-3-12(4-7-14)13-5-8-16(17(20)10-13)18(23)21-9-1-2-15(21)11-22/h3-8,10,15,22H,1-2,9,11H2/t15-/m1/s1. The number of carbonyl (C=O) groups excluding carboxylic acids is 1. The first-order valence-corrected chi connectivity index (χ1v) is 7.57. The molecule has 2 aromatic carbocycles. The van der Waals surface area contributed by atoms with Gasteiger partial charge in [0.2, 0.25) is 0 Å². The van der Waals surface area contributed by atoms with Gasteiger partial charge in [-0.05, 0) is 48.2 Å². The Hall–Kier alpha value is -2.27. The van der Waals surface area contributed by atoms with Crippen molar-refractivity contribution in [2.24, 2.45) is 0 Å². The molecule has 1 atom stereocenters. The normalized spacial score (nSPS) is 17.5. The molecule has 1 amide bonds. The number of likely N-dealkylation sites (tertiary alicyclic amines) is 1. The number of aliphatic hydroxyl groups is 1. The van der Waals surface area contributed by atoms with Crippen molar-refractivity contribution in [1.82, 2.24) is 4.90 Å². The molecule has 1 fully saturated rings. The minimum Gasteiger partial charge on any atom is -0.394 e. The summed E-state index contributed by atoms with van der Waals surface area (Å²) in [7, 11) is 0. The molecule has 0 aliphatic carbocycles. The van der Waals surface area contributed by atoms with Gasteiger partial charge in [-0.2, -0.15) is 0 Å². The van der Waals surface area contributed by atoms with Gasteiger partial charge in [-0.3, -0.25) is 4.79 Å². The highest BCUT2D eigenvalue weighted by Crippen LogP contribution is 2.25. The maximum Gasteiger partial charge on any atom is 0.257 e. The molecule has 1 aliphatic rings. The van der Waals surface area contributed by atoms with Crippen molar-refractivity contribution in [2.45, 2.75) is 18.9 Å². The van der Waals surface area contributed by atoms with Gasteiger partial charge < -0.3 is 10.0 Å². The third-order valence-corrected chi connectivity index (χ3v) is 4.23. The number of amides is 1. The van der Waals surface area contributed by atoms with Crippen LogP contribution in [-0.4, -0.2) is 35.1 Å². The van der Waals surface area contributed by atoms with Crippen LogP contribution in [0.15, 0.2) is 42.5 Å². The lowest BCUT2D eigenvalue weighted by molar-refractivity contribution is 0.0673. The van der Waals surface area contributed by atoms with E-state index < -0.39 is 11.7 Å². The Morgan fingerprint density at radius 2 is 1.83 bits per heavy atom. The summed E-state index contributed by atoms with van der Waals surface area (Å²) < 4.78 is 27.3. The minimum absolute atomic E-state index is 0.00351. The number of hydrogen-bond acceptors (Lipinski definition) is 2. The predicted octanol–water partition coefficient (Wildman–Crippen LogP) is 3.23. The van der Waals surface area contributed by atoms with Crippen molar-refractivity contribution < 1.29 is 18.7 Å². The Bertz CT molecular complexity index is 715. The zero-order chi connectivity index (χ0) is 16.4. The molecule has 3 rings (SSSR count). The first kappa shape index (κ1) is 15.6. The summed E-state index contributed by atoms with van der Waals surface area (Å²) in [6.45, 7) is 0.421. The zero-order valence-electron chi connectivity index (χ0n) is 12.5. The second kappa shape index (κ2) is 6.46. The Labute approximate surface area is 133 Å². The van der Waals surface area contributed by atoms with Crippen LogP contribution >= 0.6 is 0 Å². The second-order valence-electron chi connectivity index (χ2n) is 5.68. The van der Waals surface area contributed by atoms with E-state index in [-0.39, 0.29) is 24.0 Å². The molecule has 0 saturated carbocycles. The molecule has 2 aromatic rings. The summed E-state index contributed by atoms with van der Waals surface area (Å²) in [6, 6.07) is 9.88. The molecule has 3 nitrogen and oxygen atoms in total. The fourth-order valence-electron chi connectivity index (χ4n) is 2.96. The summed E-state index contributed by atoms with van der Waals surface area (Å²) in [5, 5.41) is 9.30. The fraction of sp³-hybridized carbons (Fsp3) is 0.278. The maximum atomic E-state index is 14.4. The molecule has 1 N–H and O–H groups in total. The first-order valence-electron chi connectivity index (χ1n) is 7.57. The number of nitrogens with zero attached hydrogens (tertiary/aromatic N) is 1. The van der Waals surface area contributed by atoms with E-state index in [9.17, 15) is 18.7 Å². The monoisotopic (exact) mass is 317 g/mol. The Morgan fingerprint density at radius 1 is 1.13 bits per heavy atom. The van der Waals surface area contributed by atoms with Crippen LogP contribution in [0.3, 0.4) is 0 Å². The third kappa shape index (κ3) is 3.10. The summed E-state index contributed by atoms with van der Waals surface area (Å²) >= 11 is 0. The van der Waals surface area contributed by atoms with E-state index in [4.69, 9.17) is 0 Å². The van der Waals surface area contributed by atoms with E-state index >= 15 is 0 Å². The smallest absolute Gasteiger partial charge is 0.257 e. The quantitative estimate of drug-likeness (QED) is 0.944. The van der Waals surface area contributed by atoms with E-state index in [0.29, 0.717) is 17.7 Å². The van der Waals surface area contributed by atoms with Crippen LogP contribution in [-0.2, 0) is 0 Å². The van der Waals surface area contributed by atoms with Crippen molar-refractivity contribution in [2.75, 3.05) is 13.2 Å². The van der Waals surface area contributed by atoms with Crippen LogP contribution in [0.1, 0.15) is 23.2 Å². The fourth-order valence-corrected chi connectivity index (χ4v) is 2.96. The molecule has 1 heterocycles. The summed E-state index contributed by atoms with van der Waals surface area (Å²) in [6.07, 6.45) is 1.55. The largest absolute Gasteiger partial charge is 0.394 e. The highest BCUT2D eigenvalue weighted by atomic mass is 19.1. The summed E-state index contributed by atoms with van der Waals surface area (Å²) in [5.74, 6) is -1.37. The Morgan fingerprint density at radius 3 is 2.48 bits per heavy atom. The van der Waals surface area contributed by atoms with Crippen molar-refractivity contribution in [1.29, 1.82) is 0 Å². The van der Waals surface area contributed by atoms with Crippen molar-refractivity contribution in [3.05, 3.63) is 59.7 Å². The van der Waals surface area contributed by atoms with Crippen LogP contribution in [0.2, 0.25) is 0 Å². The van der Waals surface area contributed by atoms with Crippen LogP contribution in [0.25, 0.3) is 11.1 Å². The number of rotatable bonds is 3. The summed E-state index contributed by atoms with van der Waals surface area (Å²) in [4.78, 5) is 14.0. The molecule has 0 bridgehead atoms. The number of benzene rings is 2. The van der Waals surface area contributed by atoms with Gasteiger partial charge in [0.15, 0.2) is 0 Å². The van der Waals surface area contributed by atoms with Gasteiger partial charge in [0.1, 0.15) is 11.6 Å². The van der Waals surface area contributed by atoms with E-state index in [0.717, 1.165) is 12.8 Å². The number of carbonyl (C=O) groups is 1. The molecule has 0 aromatic heterocycles. The molecule has 1 saturated heterocycles. The number of halogens is 2. The molecule has 0 spiro atoms. The average Bonchev–Trinajstić information content (AvgIpc) is 3.03. The van der Waals surface area contributed by atoms with Gasteiger partial charge in [-0.1, -0.05) is 18.2 Å². The SMILES string of the molecule is O=C(c1ccc(-c2ccc(F)cc2)cc1F)N1CCC[C@@H]1CO. The maximum absolute atomic E-state index is 14.4. The van der Waals surface area contributed by atoms with Crippen LogP contribution < -0.4 is 0 Å². The van der Waals surface area contributed by atoms with E-state index in [1.54, 1.807) is 18.2 Å². The van der Waals surface area contributed by atoms with Gasteiger partial charge in [-0.15, -0.1) is 0 Å². The van der Waals surface area contributed by atoms with Crippen molar-refractivity contribution >= 4 is 5.91 Å². The topological polar surface area (TPSA) is 40.5 Å². The van der Waals surface area contributed by atoms with Gasteiger partial charge in [-0.25, -0.2) is 8.78 Å². The van der Waals surface area contributed by atoms with Gasteiger partial charge in [0.05, 0.1) is 18.2 Å². The third-order valence-electron chi connectivity index (χ3n) is 4.23. The van der Waals surface area contributed by atoms with Crippen molar-refractivity contribution in [3.8, 4) is 11.1 Å². The molecular formula is C18H17F2NO2. The van der Waals surface area contributed by atoms with Gasteiger partial charge in [0, 0.05) is 6.54 Å². The van der Waals surface area contributed by atoms with E-state index in [1.165, 1.54) is 29.2 Å². The highest BCUT2D eigenvalue weighted by Gasteiger charge is 2.30. The number of aliphatic hydroxyl groups excluding tert-OH is 1. The highest BCUT2D eigenvalue weighted by molar-refractivity contribution is 5.95. The van der Waals surface area contributed by atoms with E-state index in [1.807, 2.05) is 0 Å². The minimum atomic E-state index is -0.611. The lowest BCUT2D eigenvalue weighted by atomic mass is 10.0. The Balaban J connectivity index is 1.87. The zero-order valence-corrected chi connectivity index (χ0v) is 12.5. The molecule has 0 unspecified atom stereocenters. The average molecular weight is 317 g/mol. The molecule has 0 radical (unpaired) electrons. The van der Waals surface area contributed by atoms with Gasteiger partial charge >= 0.3 is 0 Å². The molecule has 23 heavy (non-hydrogen) atoms. The first-order chi connectivity index (χ1) is 11.1. The molecule has 120 valence electrons. The Kier molecular flexibility index (Phi) is 4.39. The van der Waals surface area contributed by atoms with Crippen molar-refractivity contribution in [3.63, 3.8) is 0 Å². The summed E-state index contributed by atoms with van der Waals surface area (Å²) in [5.41, 5.74) is 1.26.